The lowest BCUT2D eigenvalue weighted by atomic mass is 10.1. The van der Waals surface area contributed by atoms with E-state index in [4.69, 9.17) is 4.74 Å². The summed E-state index contributed by atoms with van der Waals surface area (Å²) in [5.74, 6) is 0.119. The molecule has 128 valence electrons. The molecule has 0 aromatic heterocycles. The monoisotopic (exact) mass is 351 g/mol. The lowest BCUT2D eigenvalue weighted by Gasteiger charge is -2.23. The van der Waals surface area contributed by atoms with Crippen molar-refractivity contribution in [3.63, 3.8) is 0 Å². The second kappa shape index (κ2) is 6.51. The van der Waals surface area contributed by atoms with E-state index in [0.29, 0.717) is 5.75 Å². The first-order valence-corrected chi connectivity index (χ1v) is 8.99. The van der Waals surface area contributed by atoms with Crippen molar-refractivity contribution in [2.75, 3.05) is 19.7 Å². The molecule has 1 saturated heterocycles. The van der Waals surface area contributed by atoms with Crippen molar-refractivity contribution in [3.8, 4) is 5.75 Å². The molecule has 0 saturated carbocycles. The topological polar surface area (TPSA) is 66.8 Å². The van der Waals surface area contributed by atoms with Crippen LogP contribution in [0.4, 0.5) is 4.39 Å². The number of halogens is 1. The zero-order valence-electron chi connectivity index (χ0n) is 12.9. The minimum absolute atomic E-state index is 0.00640. The first kappa shape index (κ1) is 16.9. The van der Waals surface area contributed by atoms with Crippen molar-refractivity contribution >= 4 is 10.0 Å². The Bertz CT molecular complexity index is 795. The summed E-state index contributed by atoms with van der Waals surface area (Å²) in [5, 5.41) is 10.6. The number of benzene rings is 2. The molecule has 1 atom stereocenters. The molecule has 0 unspecified atom stereocenters. The summed E-state index contributed by atoms with van der Waals surface area (Å²) >= 11 is 0. The maximum Gasteiger partial charge on any atom is 0.243 e. The average Bonchev–Trinajstić information content (AvgIpc) is 2.98. The van der Waals surface area contributed by atoms with Gasteiger partial charge in [-0.1, -0.05) is 18.2 Å². The van der Waals surface area contributed by atoms with Crippen LogP contribution < -0.4 is 4.74 Å². The van der Waals surface area contributed by atoms with Crippen LogP contribution in [-0.4, -0.2) is 43.1 Å². The van der Waals surface area contributed by atoms with Gasteiger partial charge in [0.05, 0.1) is 4.90 Å². The minimum Gasteiger partial charge on any atom is -0.491 e. The Kier molecular flexibility index (Phi) is 4.58. The van der Waals surface area contributed by atoms with E-state index in [1.165, 1.54) is 16.4 Å². The van der Waals surface area contributed by atoms with Crippen LogP contribution in [0.15, 0.2) is 59.5 Å². The second-order valence-electron chi connectivity index (χ2n) is 5.87. The highest BCUT2D eigenvalue weighted by molar-refractivity contribution is 7.89. The Morgan fingerprint density at radius 2 is 1.79 bits per heavy atom. The number of para-hydroxylation sites is 1. The van der Waals surface area contributed by atoms with Crippen LogP contribution in [-0.2, 0) is 10.0 Å². The van der Waals surface area contributed by atoms with Crippen LogP contribution in [0.2, 0.25) is 0 Å². The summed E-state index contributed by atoms with van der Waals surface area (Å²) < 4.78 is 44.8. The highest BCUT2D eigenvalue weighted by Crippen LogP contribution is 2.28. The Morgan fingerprint density at radius 3 is 2.46 bits per heavy atom. The molecule has 0 spiro atoms. The third-order valence-electron chi connectivity index (χ3n) is 4.00. The number of sulfonamides is 1. The molecule has 2 aromatic rings. The predicted octanol–water partition coefficient (Wildman–Crippen LogP) is 2.03. The molecule has 1 aliphatic rings. The zero-order chi connectivity index (χ0) is 17.2. The first-order chi connectivity index (χ1) is 11.4. The number of hydrogen-bond acceptors (Lipinski definition) is 4. The maximum atomic E-state index is 13.0. The van der Waals surface area contributed by atoms with E-state index in [9.17, 15) is 17.9 Å². The van der Waals surface area contributed by atoms with E-state index in [0.717, 1.165) is 12.1 Å². The second-order valence-corrected chi connectivity index (χ2v) is 7.81. The molecule has 5 nitrogen and oxygen atoms in total. The van der Waals surface area contributed by atoms with Gasteiger partial charge in [-0.2, -0.15) is 4.31 Å². The molecule has 1 aliphatic heterocycles. The van der Waals surface area contributed by atoms with Crippen LogP contribution >= 0.6 is 0 Å². The van der Waals surface area contributed by atoms with Gasteiger partial charge in [-0.25, -0.2) is 12.8 Å². The van der Waals surface area contributed by atoms with E-state index in [1.54, 1.807) is 12.1 Å². The smallest absolute Gasteiger partial charge is 0.243 e. The van der Waals surface area contributed by atoms with Gasteiger partial charge in [-0.05, 0) is 42.8 Å². The van der Waals surface area contributed by atoms with Gasteiger partial charge < -0.3 is 9.84 Å². The lowest BCUT2D eigenvalue weighted by Crippen LogP contribution is -2.40. The molecule has 1 fully saturated rings. The number of nitrogens with zero attached hydrogens (tertiary/aromatic N) is 1. The lowest BCUT2D eigenvalue weighted by molar-refractivity contribution is 0.00875. The van der Waals surface area contributed by atoms with Crippen LogP contribution in [0, 0.1) is 5.82 Å². The van der Waals surface area contributed by atoms with Gasteiger partial charge in [0.25, 0.3) is 0 Å². The first-order valence-electron chi connectivity index (χ1n) is 7.55. The number of aliphatic hydroxyl groups is 1. The maximum absolute atomic E-state index is 13.0. The third-order valence-corrected chi connectivity index (χ3v) is 5.86. The van der Waals surface area contributed by atoms with Gasteiger partial charge in [0.15, 0.2) is 0 Å². The van der Waals surface area contributed by atoms with Gasteiger partial charge in [0.1, 0.15) is 23.8 Å². The summed E-state index contributed by atoms with van der Waals surface area (Å²) in [6.07, 6.45) is 0.278. The fourth-order valence-corrected chi connectivity index (χ4v) is 4.15. The fraction of sp³-hybridized carbons (Fsp3) is 0.294. The predicted molar refractivity (Wildman–Crippen MR) is 86.7 cm³/mol. The number of hydrogen-bond donors (Lipinski definition) is 1. The Balaban J connectivity index is 1.68. The Morgan fingerprint density at radius 1 is 1.12 bits per heavy atom. The molecule has 1 heterocycles. The van der Waals surface area contributed by atoms with E-state index in [1.807, 2.05) is 18.2 Å². The quantitative estimate of drug-likeness (QED) is 0.895. The van der Waals surface area contributed by atoms with Crippen molar-refractivity contribution in [3.05, 3.63) is 60.4 Å². The molecule has 1 N–H and O–H groups in total. The fourth-order valence-electron chi connectivity index (χ4n) is 2.63. The number of ether oxygens (including phenoxy) is 1. The largest absolute Gasteiger partial charge is 0.491 e. The Labute approximate surface area is 140 Å². The molecule has 0 radical (unpaired) electrons. The van der Waals surface area contributed by atoms with Gasteiger partial charge in [-0.15, -0.1) is 0 Å². The summed E-state index contributed by atoms with van der Waals surface area (Å²) in [5.41, 5.74) is -1.25. The number of β-amino-alcohol motifs (C(OH)–C–C–N with tert-alkyl or cyclic N) is 1. The normalized spacial score (nSPS) is 21.8. The van der Waals surface area contributed by atoms with Crippen LogP contribution in [0.5, 0.6) is 5.75 Å². The molecule has 3 rings (SSSR count). The van der Waals surface area contributed by atoms with Gasteiger partial charge >= 0.3 is 0 Å². The standard InChI is InChI=1S/C17H18FNO4S/c18-14-6-8-16(9-7-14)24(21,22)19-11-10-17(20,12-19)13-23-15-4-2-1-3-5-15/h1-9,20H,10-13H2/t17-/m0/s1. The third kappa shape index (κ3) is 3.58. The highest BCUT2D eigenvalue weighted by Gasteiger charge is 2.42. The van der Waals surface area contributed by atoms with Gasteiger partial charge in [-0.3, -0.25) is 0 Å². The minimum atomic E-state index is -3.76. The average molecular weight is 351 g/mol. The molecular formula is C17H18FNO4S. The SMILES string of the molecule is O=S(=O)(c1ccc(F)cc1)N1CC[C@@](O)(COc2ccccc2)C1. The molecule has 0 bridgehead atoms. The molecular weight excluding hydrogens is 333 g/mol. The van der Waals surface area contributed by atoms with Crippen LogP contribution in [0.3, 0.4) is 0 Å². The molecule has 2 aromatic carbocycles. The van der Waals surface area contributed by atoms with E-state index in [2.05, 4.69) is 0 Å². The van der Waals surface area contributed by atoms with Crippen molar-refractivity contribution in [1.82, 2.24) is 4.31 Å². The van der Waals surface area contributed by atoms with Crippen molar-refractivity contribution in [1.29, 1.82) is 0 Å². The van der Waals surface area contributed by atoms with Crippen molar-refractivity contribution < 1.29 is 22.7 Å². The molecule has 24 heavy (non-hydrogen) atoms. The van der Waals surface area contributed by atoms with Crippen LogP contribution in [0.25, 0.3) is 0 Å². The number of rotatable bonds is 5. The van der Waals surface area contributed by atoms with Crippen molar-refractivity contribution in [2.45, 2.75) is 16.9 Å². The Hall–Kier alpha value is -1.96. The molecule has 7 heteroatoms. The van der Waals surface area contributed by atoms with E-state index < -0.39 is 21.4 Å². The summed E-state index contributed by atoms with van der Waals surface area (Å²) in [7, 11) is -3.76. The summed E-state index contributed by atoms with van der Waals surface area (Å²) in [6, 6.07) is 13.7. The summed E-state index contributed by atoms with van der Waals surface area (Å²) in [4.78, 5) is 0.0112. The van der Waals surface area contributed by atoms with Crippen LogP contribution in [0.1, 0.15) is 6.42 Å². The molecule has 0 amide bonds. The van der Waals surface area contributed by atoms with Gasteiger partial charge in [0.2, 0.25) is 10.0 Å². The zero-order valence-corrected chi connectivity index (χ0v) is 13.7. The van der Waals surface area contributed by atoms with Crippen molar-refractivity contribution in [2.24, 2.45) is 0 Å². The summed E-state index contributed by atoms with van der Waals surface area (Å²) in [6.45, 7) is 0.139. The molecule has 0 aliphatic carbocycles. The highest BCUT2D eigenvalue weighted by atomic mass is 32.2. The van der Waals surface area contributed by atoms with E-state index in [-0.39, 0.29) is 31.0 Å². The van der Waals surface area contributed by atoms with Gasteiger partial charge in [0, 0.05) is 13.1 Å². The van der Waals surface area contributed by atoms with E-state index >= 15 is 0 Å².